The predicted octanol–water partition coefficient (Wildman–Crippen LogP) is 4.78. The summed E-state index contributed by atoms with van der Waals surface area (Å²) in [7, 11) is 0. The predicted molar refractivity (Wildman–Crippen MR) is 92.7 cm³/mol. The van der Waals surface area contributed by atoms with E-state index in [4.69, 9.17) is 5.11 Å². The summed E-state index contributed by atoms with van der Waals surface area (Å²) in [6, 6.07) is 0. The average molecular weight is 311 g/mol. The van der Waals surface area contributed by atoms with Crippen molar-refractivity contribution in [3.63, 3.8) is 0 Å². The molecule has 0 aromatic heterocycles. The fraction of sp³-hybridized carbons (Fsp3) is 1.00. The van der Waals surface area contributed by atoms with Gasteiger partial charge in [-0.15, -0.1) is 0 Å². The number of aliphatic hydroxyl groups is 2. The minimum atomic E-state index is -0.516. The molecule has 0 spiro atoms. The molecule has 0 aliphatic heterocycles. The van der Waals surface area contributed by atoms with E-state index in [1.807, 2.05) is 0 Å². The lowest BCUT2D eigenvalue weighted by molar-refractivity contribution is -0.170. The van der Waals surface area contributed by atoms with E-state index >= 15 is 0 Å². The molecule has 2 aliphatic carbocycles. The van der Waals surface area contributed by atoms with Gasteiger partial charge in [0.2, 0.25) is 0 Å². The molecule has 0 aromatic carbocycles. The molecule has 22 heavy (non-hydrogen) atoms. The molecular weight excluding hydrogens is 272 g/mol. The Labute approximate surface area is 137 Å². The summed E-state index contributed by atoms with van der Waals surface area (Å²) >= 11 is 0. The van der Waals surface area contributed by atoms with E-state index in [1.165, 1.54) is 25.7 Å². The van der Waals surface area contributed by atoms with Crippen LogP contribution in [0.25, 0.3) is 0 Å². The summed E-state index contributed by atoms with van der Waals surface area (Å²) in [5.74, 6) is 1.70. The minimum absolute atomic E-state index is 0.280. The van der Waals surface area contributed by atoms with Crippen LogP contribution in [0, 0.1) is 28.6 Å². The highest BCUT2D eigenvalue weighted by atomic mass is 16.3. The van der Waals surface area contributed by atoms with Gasteiger partial charge in [-0.2, -0.15) is 0 Å². The second kappa shape index (κ2) is 6.43. The molecule has 2 nitrogen and oxygen atoms in total. The van der Waals surface area contributed by atoms with Gasteiger partial charge in [-0.3, -0.25) is 0 Å². The third-order valence-corrected chi connectivity index (χ3v) is 7.33. The number of aliphatic hydroxyl groups excluding tert-OH is 1. The van der Waals surface area contributed by atoms with Crippen molar-refractivity contribution < 1.29 is 10.2 Å². The first kappa shape index (κ1) is 18.3. The van der Waals surface area contributed by atoms with E-state index in [0.717, 1.165) is 31.6 Å². The summed E-state index contributed by atoms with van der Waals surface area (Å²) < 4.78 is 0. The van der Waals surface area contributed by atoms with Crippen molar-refractivity contribution in [2.24, 2.45) is 28.6 Å². The highest BCUT2D eigenvalue weighted by Gasteiger charge is 2.57. The van der Waals surface area contributed by atoms with Gasteiger partial charge in [0.1, 0.15) is 0 Å². The molecular formula is C20H38O2. The van der Waals surface area contributed by atoms with Crippen LogP contribution in [0.1, 0.15) is 86.0 Å². The topological polar surface area (TPSA) is 40.5 Å². The van der Waals surface area contributed by atoms with Gasteiger partial charge in [0.05, 0.1) is 5.60 Å². The maximum atomic E-state index is 11.1. The fourth-order valence-corrected chi connectivity index (χ4v) is 6.08. The van der Waals surface area contributed by atoms with Gasteiger partial charge in [0.15, 0.2) is 0 Å². The zero-order chi connectivity index (χ0) is 16.6. The van der Waals surface area contributed by atoms with Crippen LogP contribution in [0.3, 0.4) is 0 Å². The van der Waals surface area contributed by atoms with Crippen molar-refractivity contribution in [1.82, 2.24) is 0 Å². The maximum absolute atomic E-state index is 11.1. The van der Waals surface area contributed by atoms with E-state index < -0.39 is 5.60 Å². The molecule has 2 fully saturated rings. The van der Waals surface area contributed by atoms with Crippen molar-refractivity contribution in [2.75, 3.05) is 6.61 Å². The Morgan fingerprint density at radius 1 is 1.05 bits per heavy atom. The zero-order valence-electron chi connectivity index (χ0n) is 15.5. The highest BCUT2D eigenvalue weighted by Crippen LogP contribution is 2.63. The molecule has 130 valence electrons. The summed E-state index contributed by atoms with van der Waals surface area (Å²) in [5.41, 5.74) is 0.179. The lowest BCUT2D eigenvalue weighted by Crippen LogP contribution is -2.57. The van der Waals surface area contributed by atoms with E-state index in [9.17, 15) is 5.11 Å². The summed E-state index contributed by atoms with van der Waals surface area (Å²) in [6.45, 7) is 12.0. The Balaban J connectivity index is 2.19. The maximum Gasteiger partial charge on any atom is 0.0653 e. The Bertz CT molecular complexity index is 374. The largest absolute Gasteiger partial charge is 0.396 e. The molecule has 0 amide bonds. The van der Waals surface area contributed by atoms with Crippen molar-refractivity contribution in [3.05, 3.63) is 0 Å². The second-order valence-corrected chi connectivity index (χ2v) is 9.54. The smallest absolute Gasteiger partial charge is 0.0653 e. The monoisotopic (exact) mass is 310 g/mol. The lowest BCUT2D eigenvalue weighted by atomic mass is 9.45. The van der Waals surface area contributed by atoms with Gasteiger partial charge in [-0.1, -0.05) is 40.5 Å². The third kappa shape index (κ3) is 3.38. The molecule has 0 bridgehead atoms. The van der Waals surface area contributed by atoms with Gasteiger partial charge in [-0.05, 0) is 74.0 Å². The van der Waals surface area contributed by atoms with Crippen molar-refractivity contribution in [1.29, 1.82) is 0 Å². The van der Waals surface area contributed by atoms with E-state index in [-0.39, 0.29) is 12.0 Å². The summed E-state index contributed by atoms with van der Waals surface area (Å²) in [6.07, 6.45) is 9.18. The van der Waals surface area contributed by atoms with Crippen LogP contribution in [0.2, 0.25) is 0 Å². The van der Waals surface area contributed by atoms with Crippen LogP contribution in [0.4, 0.5) is 0 Å². The quantitative estimate of drug-likeness (QED) is 0.767. The molecule has 0 radical (unpaired) electrons. The third-order valence-electron chi connectivity index (χ3n) is 7.33. The van der Waals surface area contributed by atoms with Gasteiger partial charge in [-0.25, -0.2) is 0 Å². The normalized spacial score (nSPS) is 42.7. The minimum Gasteiger partial charge on any atom is -0.396 e. The van der Waals surface area contributed by atoms with Crippen LogP contribution >= 0.6 is 0 Å². The first-order valence-corrected chi connectivity index (χ1v) is 9.47. The molecule has 0 unspecified atom stereocenters. The van der Waals surface area contributed by atoms with Crippen LogP contribution < -0.4 is 0 Å². The van der Waals surface area contributed by atoms with Crippen molar-refractivity contribution in [3.8, 4) is 0 Å². The highest BCUT2D eigenvalue weighted by molar-refractivity contribution is 5.07. The Kier molecular flexibility index (Phi) is 5.34. The molecule has 5 atom stereocenters. The summed E-state index contributed by atoms with van der Waals surface area (Å²) in [5, 5.41) is 20.2. The van der Waals surface area contributed by atoms with Gasteiger partial charge in [0.25, 0.3) is 0 Å². The number of hydrogen-bond acceptors (Lipinski definition) is 2. The first-order chi connectivity index (χ1) is 10.1. The molecule has 2 rings (SSSR count). The second-order valence-electron chi connectivity index (χ2n) is 9.54. The number of fused-ring (bicyclic) bond motifs is 1. The van der Waals surface area contributed by atoms with E-state index in [2.05, 4.69) is 34.6 Å². The Morgan fingerprint density at radius 2 is 1.73 bits per heavy atom. The molecule has 2 N–H and O–H groups in total. The first-order valence-electron chi connectivity index (χ1n) is 9.47. The Hall–Kier alpha value is -0.0800. The van der Waals surface area contributed by atoms with Crippen LogP contribution in [-0.2, 0) is 0 Å². The van der Waals surface area contributed by atoms with Crippen molar-refractivity contribution >= 4 is 0 Å². The standard InChI is InChI=1S/C20H38O2/c1-15(10-14-21)7-8-17-19(4)12-6-11-18(2,3)16(19)9-13-20(17,5)22/h15-17,21-22H,6-14H2,1-5H3/t15-,16+,17-,19-,20+/m0/s1. The molecule has 2 heteroatoms. The lowest BCUT2D eigenvalue weighted by Gasteiger charge is -2.61. The van der Waals surface area contributed by atoms with Crippen LogP contribution in [-0.4, -0.2) is 22.4 Å². The van der Waals surface area contributed by atoms with E-state index in [0.29, 0.717) is 17.3 Å². The molecule has 2 aliphatic rings. The number of hydrogen-bond donors (Lipinski definition) is 2. The SMILES string of the molecule is C[C@H](CCO)CC[C@H]1[C@@]2(C)CCCC(C)(C)[C@H]2CC[C@@]1(C)O. The molecule has 0 heterocycles. The van der Waals surface area contributed by atoms with Gasteiger partial charge in [0, 0.05) is 6.61 Å². The molecule has 0 saturated heterocycles. The van der Waals surface area contributed by atoms with Gasteiger partial charge >= 0.3 is 0 Å². The summed E-state index contributed by atoms with van der Waals surface area (Å²) in [4.78, 5) is 0. The fourth-order valence-electron chi connectivity index (χ4n) is 6.08. The zero-order valence-corrected chi connectivity index (χ0v) is 15.5. The van der Waals surface area contributed by atoms with Crippen LogP contribution in [0.5, 0.6) is 0 Å². The average Bonchev–Trinajstić information content (AvgIpc) is 2.36. The van der Waals surface area contributed by atoms with E-state index in [1.54, 1.807) is 0 Å². The van der Waals surface area contributed by atoms with Crippen molar-refractivity contribution in [2.45, 2.75) is 91.6 Å². The van der Waals surface area contributed by atoms with Crippen LogP contribution in [0.15, 0.2) is 0 Å². The number of rotatable bonds is 5. The van der Waals surface area contributed by atoms with Gasteiger partial charge < -0.3 is 10.2 Å². The molecule has 2 saturated carbocycles. The Morgan fingerprint density at radius 3 is 2.36 bits per heavy atom. The molecule has 0 aromatic rings.